The van der Waals surface area contributed by atoms with E-state index < -0.39 is 0 Å². The summed E-state index contributed by atoms with van der Waals surface area (Å²) in [5.41, 5.74) is 5.61. The van der Waals surface area contributed by atoms with Gasteiger partial charge in [0.15, 0.2) is 5.43 Å². The van der Waals surface area contributed by atoms with Gasteiger partial charge in [0.1, 0.15) is 22.3 Å². The van der Waals surface area contributed by atoms with Gasteiger partial charge < -0.3 is 13.2 Å². The van der Waals surface area contributed by atoms with E-state index in [0.29, 0.717) is 38.2 Å². The van der Waals surface area contributed by atoms with E-state index in [4.69, 9.17) is 8.83 Å². The molecule has 0 spiro atoms. The summed E-state index contributed by atoms with van der Waals surface area (Å²) in [6, 6.07) is 23.8. The fourth-order valence-electron chi connectivity index (χ4n) is 7.26. The fourth-order valence-corrected chi connectivity index (χ4v) is 7.26. The molecule has 0 unspecified atom stereocenters. The molecule has 10 aromatic rings. The Morgan fingerprint density at radius 3 is 1.68 bits per heavy atom. The zero-order valence-corrected chi connectivity index (χ0v) is 22.5. The number of aromatic nitrogens is 1. The molecule has 5 nitrogen and oxygen atoms in total. The van der Waals surface area contributed by atoms with Crippen molar-refractivity contribution in [1.82, 2.24) is 4.40 Å². The third-order valence-corrected chi connectivity index (χ3v) is 9.16. The minimum absolute atomic E-state index is 0.0723. The van der Waals surface area contributed by atoms with Crippen LogP contribution in [0.5, 0.6) is 0 Å². The predicted octanol–water partition coefficient (Wildman–Crippen LogP) is 8.68. The number of fused-ring (bicyclic) bond motifs is 9. The monoisotopic (exact) mass is 531 g/mol. The Labute approximate surface area is 230 Å². The van der Waals surface area contributed by atoms with Crippen molar-refractivity contribution in [2.24, 2.45) is 0 Å². The smallest absolute Gasteiger partial charge is 0.201 e. The fraction of sp³-hybridized carbons (Fsp3) is 0.111. The Hall–Kier alpha value is -5.16. The van der Waals surface area contributed by atoms with Crippen LogP contribution in [0.25, 0.3) is 92.7 Å². The van der Waals surface area contributed by atoms with Crippen molar-refractivity contribution in [3.63, 3.8) is 0 Å². The summed E-state index contributed by atoms with van der Waals surface area (Å²) in [4.78, 5) is 29.1. The SMILES string of the molecule is CC(C)(C)c1cc2c(=O)c3cc4c5ccccc5oc4c4c(=O)c5cc6c7ccccc7oc6c6c(c1)c2n(c34)c56. The number of hydrogen-bond donors (Lipinski definition) is 0. The molecule has 0 aliphatic carbocycles. The third-order valence-electron chi connectivity index (χ3n) is 9.16. The van der Waals surface area contributed by atoms with Crippen LogP contribution < -0.4 is 10.9 Å². The van der Waals surface area contributed by atoms with Crippen LogP contribution in [0.1, 0.15) is 26.3 Å². The second-order valence-electron chi connectivity index (χ2n) is 12.4. The summed E-state index contributed by atoms with van der Waals surface area (Å²) in [7, 11) is 0. The van der Waals surface area contributed by atoms with Crippen LogP contribution in [0.15, 0.2) is 91.2 Å². The second kappa shape index (κ2) is 6.58. The zero-order chi connectivity index (χ0) is 27.5. The van der Waals surface area contributed by atoms with E-state index in [1.54, 1.807) is 0 Å². The molecule has 0 aliphatic heterocycles. The van der Waals surface area contributed by atoms with Gasteiger partial charge in [0.25, 0.3) is 0 Å². The molecule has 0 atom stereocenters. The zero-order valence-electron chi connectivity index (χ0n) is 22.5. The molecule has 0 amide bonds. The Kier molecular flexibility index (Phi) is 3.47. The first-order valence-corrected chi connectivity index (χ1v) is 13.9. The molecule has 5 aromatic heterocycles. The van der Waals surface area contributed by atoms with Gasteiger partial charge in [-0.2, -0.15) is 0 Å². The first-order chi connectivity index (χ1) is 19.8. The molecule has 194 valence electrons. The van der Waals surface area contributed by atoms with E-state index in [0.717, 1.165) is 60.1 Å². The highest BCUT2D eigenvalue weighted by molar-refractivity contribution is 6.34. The van der Waals surface area contributed by atoms with Crippen LogP contribution in [0.2, 0.25) is 0 Å². The highest BCUT2D eigenvalue weighted by atomic mass is 16.3. The van der Waals surface area contributed by atoms with Crippen molar-refractivity contribution in [3.05, 3.63) is 98.8 Å². The average molecular weight is 532 g/mol. The van der Waals surface area contributed by atoms with Crippen molar-refractivity contribution >= 4 is 92.7 Å². The lowest BCUT2D eigenvalue weighted by Gasteiger charge is -2.20. The summed E-state index contributed by atoms with van der Waals surface area (Å²) in [6.45, 7) is 6.47. The number of pyridine rings is 2. The maximum atomic E-state index is 14.7. The summed E-state index contributed by atoms with van der Waals surface area (Å²) >= 11 is 0. The molecule has 0 aliphatic rings. The molecular weight excluding hydrogens is 510 g/mol. The number of nitrogens with zero attached hydrogens (tertiary/aromatic N) is 1. The van der Waals surface area contributed by atoms with Crippen molar-refractivity contribution in [2.75, 3.05) is 0 Å². The summed E-state index contributed by atoms with van der Waals surface area (Å²) < 4.78 is 15.0. The lowest BCUT2D eigenvalue weighted by atomic mass is 9.85. The van der Waals surface area contributed by atoms with Gasteiger partial charge in [-0.3, -0.25) is 9.59 Å². The molecule has 5 aromatic carbocycles. The second-order valence-corrected chi connectivity index (χ2v) is 12.4. The first kappa shape index (κ1) is 21.6. The van der Waals surface area contributed by atoms with Gasteiger partial charge in [-0.1, -0.05) is 57.2 Å². The highest BCUT2D eigenvalue weighted by Gasteiger charge is 2.30. The summed E-state index contributed by atoms with van der Waals surface area (Å²) in [5.74, 6) is 0. The lowest BCUT2D eigenvalue weighted by Crippen LogP contribution is -2.15. The van der Waals surface area contributed by atoms with Crippen LogP contribution >= 0.6 is 0 Å². The number of hydrogen-bond acceptors (Lipinski definition) is 4. The van der Waals surface area contributed by atoms with Crippen molar-refractivity contribution in [3.8, 4) is 0 Å². The van der Waals surface area contributed by atoms with Gasteiger partial charge in [-0.15, -0.1) is 0 Å². The van der Waals surface area contributed by atoms with Gasteiger partial charge in [-0.05, 0) is 47.4 Å². The van der Waals surface area contributed by atoms with Crippen LogP contribution in [-0.4, -0.2) is 4.40 Å². The number of para-hydroxylation sites is 2. The normalized spacial score (nSPS) is 13.4. The van der Waals surface area contributed by atoms with Crippen molar-refractivity contribution in [2.45, 2.75) is 26.2 Å². The lowest BCUT2D eigenvalue weighted by molar-refractivity contribution is 0.591. The van der Waals surface area contributed by atoms with Gasteiger partial charge >= 0.3 is 0 Å². The molecular formula is C36H21NO4. The van der Waals surface area contributed by atoms with Gasteiger partial charge in [-0.25, -0.2) is 0 Å². The molecule has 0 saturated carbocycles. The summed E-state index contributed by atoms with van der Waals surface area (Å²) in [6.07, 6.45) is 0. The Bertz CT molecular complexity index is 2880. The van der Waals surface area contributed by atoms with Gasteiger partial charge in [0.2, 0.25) is 5.43 Å². The van der Waals surface area contributed by atoms with Crippen LogP contribution in [0.3, 0.4) is 0 Å². The predicted molar refractivity (Wildman–Crippen MR) is 167 cm³/mol. The average Bonchev–Trinajstić information content (AvgIpc) is 3.63. The van der Waals surface area contributed by atoms with Gasteiger partial charge in [0, 0.05) is 43.1 Å². The number of furan rings is 2. The van der Waals surface area contributed by atoms with Crippen molar-refractivity contribution < 1.29 is 8.83 Å². The molecule has 0 fully saturated rings. The van der Waals surface area contributed by atoms with E-state index in [1.807, 2.05) is 66.7 Å². The molecule has 5 heterocycles. The topological polar surface area (TPSA) is 64.8 Å². The van der Waals surface area contributed by atoms with E-state index in [1.165, 1.54) is 0 Å². The minimum Gasteiger partial charge on any atom is -0.455 e. The standard InChI is InChI=1S/C36H21NO4/c1-36(2,3)16-12-21-27-30-24(15-19-17-8-4-6-10-25(17)40-34(19)27)33(39)28-31-23(32(38)22(13-16)29(21)37(30)31)14-20-18-9-5-7-11-26(18)41-35(20)28/h4-15H,1-3H3. The molecule has 5 heteroatoms. The van der Waals surface area contributed by atoms with Crippen LogP contribution in [0, 0.1) is 0 Å². The maximum absolute atomic E-state index is 14.7. The van der Waals surface area contributed by atoms with E-state index in [-0.39, 0.29) is 16.3 Å². The van der Waals surface area contributed by atoms with Crippen LogP contribution in [0.4, 0.5) is 0 Å². The quantitative estimate of drug-likeness (QED) is 0.145. The van der Waals surface area contributed by atoms with E-state index in [9.17, 15) is 9.59 Å². The van der Waals surface area contributed by atoms with Crippen molar-refractivity contribution in [1.29, 1.82) is 0 Å². The molecule has 41 heavy (non-hydrogen) atoms. The number of benzene rings is 5. The highest BCUT2D eigenvalue weighted by Crippen LogP contribution is 2.46. The van der Waals surface area contributed by atoms with Crippen LogP contribution in [-0.2, 0) is 5.41 Å². The number of rotatable bonds is 0. The van der Waals surface area contributed by atoms with E-state index >= 15 is 0 Å². The maximum Gasteiger partial charge on any atom is 0.201 e. The Morgan fingerprint density at radius 2 is 1.05 bits per heavy atom. The summed E-state index contributed by atoms with van der Waals surface area (Å²) in [5, 5.41) is 7.55. The molecule has 10 rings (SSSR count). The third kappa shape index (κ3) is 2.34. The largest absolute Gasteiger partial charge is 0.455 e. The minimum atomic E-state index is -0.198. The first-order valence-electron chi connectivity index (χ1n) is 13.9. The molecule has 0 radical (unpaired) electrons. The molecule has 0 saturated heterocycles. The van der Waals surface area contributed by atoms with Gasteiger partial charge in [0.05, 0.1) is 27.3 Å². The molecule has 0 bridgehead atoms. The molecule has 0 N–H and O–H groups in total. The van der Waals surface area contributed by atoms with E-state index in [2.05, 4.69) is 31.2 Å². The Balaban J connectivity index is 1.64. The Morgan fingerprint density at radius 1 is 0.537 bits per heavy atom.